The van der Waals surface area contributed by atoms with Crippen molar-refractivity contribution in [3.05, 3.63) is 23.7 Å². The van der Waals surface area contributed by atoms with Crippen LogP contribution in [0, 0.1) is 0 Å². The van der Waals surface area contributed by atoms with Crippen LogP contribution in [0.3, 0.4) is 0 Å². The summed E-state index contributed by atoms with van der Waals surface area (Å²) >= 11 is 0. The fourth-order valence-electron chi connectivity index (χ4n) is 1.91. The highest BCUT2D eigenvalue weighted by atomic mass is 31.2. The van der Waals surface area contributed by atoms with Gasteiger partial charge in [0, 0.05) is 27.1 Å². The van der Waals surface area contributed by atoms with Crippen LogP contribution >= 0.6 is 7.60 Å². The van der Waals surface area contributed by atoms with Gasteiger partial charge in [0.15, 0.2) is 5.76 Å². The van der Waals surface area contributed by atoms with Gasteiger partial charge in [0.2, 0.25) is 0 Å². The van der Waals surface area contributed by atoms with E-state index >= 15 is 0 Å². The number of carbonyl (C=O) groups excluding carboxylic acids is 1. The zero-order valence-electron chi connectivity index (χ0n) is 13.5. The van der Waals surface area contributed by atoms with Crippen molar-refractivity contribution in [2.24, 2.45) is 0 Å². The maximum absolute atomic E-state index is 12.7. The number of Topliss-reactive ketones (excluding diaryl/α,β-unsaturated/α-hetero) is 1. The number of rotatable bonds is 8. The van der Waals surface area contributed by atoms with E-state index in [1.165, 1.54) is 0 Å². The second kappa shape index (κ2) is 7.71. The molecule has 26 heavy (non-hydrogen) atoms. The molecule has 1 aromatic heterocycles. The number of halogens is 6. The average Bonchev–Trinajstić information content (AvgIpc) is 2.98. The third kappa shape index (κ3) is 4.67. The van der Waals surface area contributed by atoms with E-state index in [0.29, 0.717) is 6.07 Å². The van der Waals surface area contributed by atoms with Gasteiger partial charge < -0.3 is 18.6 Å². The first-order valence-corrected chi connectivity index (χ1v) is 8.60. The van der Waals surface area contributed by atoms with E-state index in [4.69, 9.17) is 0 Å². The summed E-state index contributed by atoms with van der Waals surface area (Å²) in [6, 6.07) is 1.10. The molecule has 0 bridgehead atoms. The fourth-order valence-corrected chi connectivity index (χ4v) is 2.91. The van der Waals surface area contributed by atoms with E-state index in [0.717, 1.165) is 20.3 Å². The van der Waals surface area contributed by atoms with Crippen LogP contribution in [-0.2, 0) is 30.4 Å². The first-order valence-electron chi connectivity index (χ1n) is 6.87. The van der Waals surface area contributed by atoms with Gasteiger partial charge >= 0.3 is 25.5 Å². The van der Waals surface area contributed by atoms with Gasteiger partial charge in [0.25, 0.3) is 0 Å². The largest absolute Gasteiger partial charge is 0.462 e. The molecule has 1 aromatic rings. The highest BCUT2D eigenvalue weighted by Gasteiger charge is 2.73. The van der Waals surface area contributed by atoms with Crippen molar-refractivity contribution in [2.45, 2.75) is 30.8 Å². The Morgan fingerprint density at radius 1 is 1.12 bits per heavy atom. The molecule has 0 aromatic carbocycles. The third-order valence-electron chi connectivity index (χ3n) is 3.42. The SMILES string of the molecule is COP(=O)(CC(=O)CCc1ccc(C(O)(C(F)(F)F)C(F)(F)F)o1)OC. The molecule has 0 saturated heterocycles. The van der Waals surface area contributed by atoms with Gasteiger partial charge in [0.1, 0.15) is 17.7 Å². The molecule has 0 aliphatic carbocycles. The van der Waals surface area contributed by atoms with E-state index in [1.54, 1.807) is 0 Å². The fraction of sp³-hybridized carbons (Fsp3) is 0.615. The third-order valence-corrected chi connectivity index (χ3v) is 5.27. The van der Waals surface area contributed by atoms with Crippen molar-refractivity contribution in [1.29, 1.82) is 0 Å². The lowest BCUT2D eigenvalue weighted by molar-refractivity contribution is -0.381. The summed E-state index contributed by atoms with van der Waals surface area (Å²) in [5, 5.41) is 9.18. The van der Waals surface area contributed by atoms with Crippen LogP contribution in [0.1, 0.15) is 17.9 Å². The minimum absolute atomic E-state index is 0.329. The Morgan fingerprint density at radius 2 is 1.62 bits per heavy atom. The van der Waals surface area contributed by atoms with E-state index in [2.05, 4.69) is 13.5 Å². The van der Waals surface area contributed by atoms with E-state index < -0.39 is 55.4 Å². The van der Waals surface area contributed by atoms with Gasteiger partial charge in [-0.05, 0) is 12.1 Å². The molecule has 0 aliphatic rings. The Bertz CT molecular complexity index is 657. The summed E-state index contributed by atoms with van der Waals surface area (Å²) in [7, 11) is -1.55. The van der Waals surface area contributed by atoms with Crippen molar-refractivity contribution < 1.29 is 54.3 Å². The molecule has 0 aliphatic heterocycles. The van der Waals surface area contributed by atoms with Crippen LogP contribution in [0.25, 0.3) is 0 Å². The molecule has 1 heterocycles. The van der Waals surface area contributed by atoms with E-state index in [1.807, 2.05) is 0 Å². The first kappa shape index (κ1) is 22.7. The monoisotopic (exact) mass is 412 g/mol. The summed E-state index contributed by atoms with van der Waals surface area (Å²) in [5.41, 5.74) is -5.18. The number of aliphatic hydroxyl groups is 1. The maximum Gasteiger partial charge on any atom is 0.433 e. The standard InChI is InChI=1S/C13H15F6O6P/c1-23-26(22,24-2)7-8(20)3-4-9-5-6-10(25-9)11(21,12(14,15)16)13(17,18)19/h5-6,21H,3-4,7H2,1-2H3. The van der Waals surface area contributed by atoms with E-state index in [-0.39, 0.29) is 6.42 Å². The summed E-state index contributed by atoms with van der Waals surface area (Å²) in [6.45, 7) is 0. The number of hydrogen-bond acceptors (Lipinski definition) is 6. The predicted molar refractivity (Wildman–Crippen MR) is 74.5 cm³/mol. The van der Waals surface area contributed by atoms with Gasteiger partial charge in [0.05, 0.1) is 0 Å². The highest BCUT2D eigenvalue weighted by Crippen LogP contribution is 2.50. The Kier molecular flexibility index (Phi) is 6.73. The number of furan rings is 1. The van der Waals surface area contributed by atoms with E-state index in [9.17, 15) is 40.8 Å². The number of ketones is 1. The maximum atomic E-state index is 12.7. The minimum atomic E-state index is -6.07. The van der Waals surface area contributed by atoms with Crippen molar-refractivity contribution in [3.8, 4) is 0 Å². The molecule has 0 unspecified atom stereocenters. The second-order valence-electron chi connectivity index (χ2n) is 5.14. The minimum Gasteiger partial charge on any atom is -0.462 e. The quantitative estimate of drug-likeness (QED) is 0.519. The molecule has 0 saturated carbocycles. The molecule has 0 amide bonds. The molecule has 150 valence electrons. The van der Waals surface area contributed by atoms with Gasteiger partial charge in [-0.2, -0.15) is 26.3 Å². The lowest BCUT2D eigenvalue weighted by atomic mass is 9.99. The summed E-state index contributed by atoms with van der Waals surface area (Å²) in [6.07, 6.45) is -13.5. The normalized spacial score (nSPS) is 13.9. The van der Waals surface area contributed by atoms with Gasteiger partial charge in [-0.15, -0.1) is 0 Å². The second-order valence-corrected chi connectivity index (χ2v) is 7.41. The summed E-state index contributed by atoms with van der Waals surface area (Å²) in [5.74, 6) is -2.83. The topological polar surface area (TPSA) is 86.0 Å². The molecular formula is C13H15F6O6P. The molecule has 1 N–H and O–H groups in total. The average molecular weight is 412 g/mol. The zero-order chi connectivity index (χ0) is 20.4. The molecule has 0 atom stereocenters. The summed E-state index contributed by atoms with van der Waals surface area (Å²) in [4.78, 5) is 11.7. The van der Waals surface area contributed by atoms with Crippen LogP contribution in [0.5, 0.6) is 0 Å². The molecule has 1 rings (SSSR count). The van der Waals surface area contributed by atoms with Crippen molar-refractivity contribution in [2.75, 3.05) is 20.4 Å². The molecule has 0 fully saturated rings. The lowest BCUT2D eigenvalue weighted by Gasteiger charge is -2.30. The van der Waals surface area contributed by atoms with Crippen LogP contribution in [0.4, 0.5) is 26.3 Å². The smallest absolute Gasteiger partial charge is 0.433 e. The van der Waals surface area contributed by atoms with Gasteiger partial charge in [-0.1, -0.05) is 0 Å². The van der Waals surface area contributed by atoms with Crippen LogP contribution in [0.15, 0.2) is 16.5 Å². The number of carbonyl (C=O) groups is 1. The van der Waals surface area contributed by atoms with Crippen molar-refractivity contribution >= 4 is 13.4 Å². The van der Waals surface area contributed by atoms with Crippen molar-refractivity contribution in [1.82, 2.24) is 0 Å². The molecular weight excluding hydrogens is 397 g/mol. The Hall–Kier alpha value is -1.36. The Morgan fingerprint density at radius 3 is 2.04 bits per heavy atom. The first-order chi connectivity index (χ1) is 11.7. The molecule has 0 radical (unpaired) electrons. The van der Waals surface area contributed by atoms with Gasteiger partial charge in [-0.3, -0.25) is 9.36 Å². The predicted octanol–water partition coefficient (Wildman–Crippen LogP) is 3.58. The number of aryl methyl sites for hydroxylation is 1. The number of hydrogen-bond donors (Lipinski definition) is 1. The molecule has 13 heteroatoms. The Balaban J connectivity index is 2.91. The Labute approximate surface area is 143 Å². The van der Waals surface area contributed by atoms with Crippen LogP contribution in [0.2, 0.25) is 0 Å². The zero-order valence-corrected chi connectivity index (χ0v) is 14.4. The van der Waals surface area contributed by atoms with Crippen LogP contribution < -0.4 is 0 Å². The van der Waals surface area contributed by atoms with Crippen LogP contribution in [-0.4, -0.2) is 43.6 Å². The molecule has 0 spiro atoms. The molecule has 6 nitrogen and oxygen atoms in total. The summed E-state index contributed by atoms with van der Waals surface area (Å²) < 4.78 is 102. The van der Waals surface area contributed by atoms with Gasteiger partial charge in [-0.25, -0.2) is 0 Å². The lowest BCUT2D eigenvalue weighted by Crippen LogP contribution is -2.53. The number of alkyl halides is 6. The highest BCUT2D eigenvalue weighted by molar-refractivity contribution is 7.54. The van der Waals surface area contributed by atoms with Crippen molar-refractivity contribution in [3.63, 3.8) is 0 Å².